The Balaban J connectivity index is 0.000000559. The molecule has 3 aromatic rings. The van der Waals surface area contributed by atoms with Crippen molar-refractivity contribution >= 4 is 41.0 Å². The van der Waals surface area contributed by atoms with Gasteiger partial charge in [-0.05, 0) is 60.0 Å². The van der Waals surface area contributed by atoms with Crippen LogP contribution in [-0.2, 0) is 27.3 Å². The largest absolute Gasteiger partial charge is 0.490 e. The summed E-state index contributed by atoms with van der Waals surface area (Å²) in [4.78, 5) is 54.6. The van der Waals surface area contributed by atoms with Gasteiger partial charge >= 0.3 is 12.1 Å². The minimum atomic E-state index is -5.08. The summed E-state index contributed by atoms with van der Waals surface area (Å²) in [6, 6.07) is 17.7. The lowest BCUT2D eigenvalue weighted by atomic mass is 10.1. The molecule has 0 unspecified atom stereocenters. The number of hydrogen-bond donors (Lipinski definition) is 2. The number of fused-ring (bicyclic) bond motifs is 1. The van der Waals surface area contributed by atoms with Crippen LogP contribution in [0.15, 0.2) is 73.1 Å². The number of alkyl halides is 3. The summed E-state index contributed by atoms with van der Waals surface area (Å²) in [6.45, 7) is 0.479. The van der Waals surface area contributed by atoms with Crippen LogP contribution in [0.5, 0.6) is 0 Å². The molecule has 1 aromatic heterocycles. The summed E-state index contributed by atoms with van der Waals surface area (Å²) < 4.78 is 31.7. The van der Waals surface area contributed by atoms with Crippen molar-refractivity contribution in [2.24, 2.45) is 0 Å². The number of carbonyl (C=O) groups excluding carboxylic acids is 3. The van der Waals surface area contributed by atoms with Crippen molar-refractivity contribution in [3.63, 3.8) is 0 Å². The zero-order chi connectivity index (χ0) is 29.3. The van der Waals surface area contributed by atoms with Gasteiger partial charge in [-0.25, -0.2) is 4.79 Å². The minimum absolute atomic E-state index is 0.116. The maximum atomic E-state index is 13.1. The zero-order valence-corrected chi connectivity index (χ0v) is 21.7. The third-order valence-corrected chi connectivity index (χ3v) is 5.93. The molecule has 0 spiro atoms. The summed E-state index contributed by atoms with van der Waals surface area (Å²) in [5, 5.41) is 10.5. The van der Waals surface area contributed by atoms with Gasteiger partial charge in [-0.1, -0.05) is 29.8 Å². The molecule has 2 N–H and O–H groups in total. The Bertz CT molecular complexity index is 1350. The van der Waals surface area contributed by atoms with Crippen LogP contribution < -0.4 is 10.2 Å². The highest BCUT2D eigenvalue weighted by atomic mass is 35.5. The summed E-state index contributed by atoms with van der Waals surface area (Å²) in [6.07, 6.45) is -0.996. The molecule has 0 bridgehead atoms. The second kappa shape index (κ2) is 13.6. The molecule has 1 aliphatic rings. The van der Waals surface area contributed by atoms with E-state index in [0.29, 0.717) is 29.2 Å². The third kappa shape index (κ3) is 8.53. The van der Waals surface area contributed by atoms with Crippen LogP contribution >= 0.6 is 11.6 Å². The molecule has 3 amide bonds. The average Bonchev–Trinajstić information content (AvgIpc) is 3.05. The molecule has 0 saturated carbocycles. The number of anilines is 1. The Labute approximate surface area is 232 Å². The number of nitrogens with one attached hydrogen (secondary N) is 1. The number of carbonyl (C=O) groups is 4. The van der Waals surface area contributed by atoms with Crippen molar-refractivity contribution in [3.8, 4) is 0 Å². The molecule has 0 atom stereocenters. The van der Waals surface area contributed by atoms with Crippen LogP contribution in [0.4, 0.5) is 18.9 Å². The topological polar surface area (TPSA) is 120 Å². The molecule has 0 radical (unpaired) electrons. The maximum absolute atomic E-state index is 13.1. The zero-order valence-electron chi connectivity index (χ0n) is 20.9. The minimum Gasteiger partial charge on any atom is -0.475 e. The van der Waals surface area contributed by atoms with Crippen LogP contribution in [0.2, 0.25) is 5.02 Å². The molecule has 2 heterocycles. The van der Waals surface area contributed by atoms with Crippen molar-refractivity contribution in [1.82, 2.24) is 15.2 Å². The second-order valence-corrected chi connectivity index (χ2v) is 8.97. The molecule has 4 rings (SSSR count). The number of carboxylic acid groups (broad SMARTS) is 1. The Morgan fingerprint density at radius 3 is 2.23 bits per heavy atom. The van der Waals surface area contributed by atoms with Crippen LogP contribution in [-0.4, -0.2) is 64.5 Å². The molecule has 40 heavy (non-hydrogen) atoms. The van der Waals surface area contributed by atoms with Gasteiger partial charge in [0.25, 0.3) is 5.91 Å². The third-order valence-electron chi connectivity index (χ3n) is 5.68. The fraction of sp³-hybridized carbons (Fsp3) is 0.222. The van der Waals surface area contributed by atoms with Gasteiger partial charge in [-0.15, -0.1) is 0 Å². The fourth-order valence-electron chi connectivity index (χ4n) is 3.74. The first kappa shape index (κ1) is 30.1. The van der Waals surface area contributed by atoms with E-state index >= 15 is 0 Å². The lowest BCUT2D eigenvalue weighted by molar-refractivity contribution is -0.192. The number of amides is 3. The van der Waals surface area contributed by atoms with Gasteiger partial charge < -0.3 is 20.2 Å². The Morgan fingerprint density at radius 2 is 1.60 bits per heavy atom. The van der Waals surface area contributed by atoms with Crippen molar-refractivity contribution in [3.05, 3.63) is 94.8 Å². The molecule has 210 valence electrons. The van der Waals surface area contributed by atoms with E-state index in [2.05, 4.69) is 10.3 Å². The lowest BCUT2D eigenvalue weighted by Gasteiger charge is -2.22. The van der Waals surface area contributed by atoms with E-state index in [4.69, 9.17) is 21.5 Å². The Hall–Kier alpha value is -4.45. The molecule has 13 heteroatoms. The van der Waals surface area contributed by atoms with Gasteiger partial charge in [-0.2, -0.15) is 13.2 Å². The van der Waals surface area contributed by atoms with Crippen LogP contribution in [0.3, 0.4) is 0 Å². The molecule has 0 aliphatic carbocycles. The number of carboxylic acids is 1. The van der Waals surface area contributed by atoms with E-state index < -0.39 is 12.1 Å². The number of aromatic nitrogens is 1. The number of aliphatic carboxylic acids is 1. The first-order valence-electron chi connectivity index (χ1n) is 11.8. The van der Waals surface area contributed by atoms with Crippen molar-refractivity contribution in [2.75, 3.05) is 24.5 Å². The number of nitrogens with zero attached hydrogens (tertiary/aromatic N) is 3. The summed E-state index contributed by atoms with van der Waals surface area (Å²) in [5.74, 6) is -3.60. The smallest absolute Gasteiger partial charge is 0.475 e. The number of pyridine rings is 1. The number of benzene rings is 2. The van der Waals surface area contributed by atoms with Crippen LogP contribution in [0.25, 0.3) is 0 Å². The summed E-state index contributed by atoms with van der Waals surface area (Å²) in [5.41, 5.74) is 2.96. The Kier molecular flexibility index (Phi) is 10.2. The average molecular weight is 577 g/mol. The second-order valence-electron chi connectivity index (χ2n) is 8.54. The first-order valence-corrected chi connectivity index (χ1v) is 12.2. The highest BCUT2D eigenvalue weighted by molar-refractivity contribution is 6.30. The highest BCUT2D eigenvalue weighted by Gasteiger charge is 2.38. The van der Waals surface area contributed by atoms with Crippen molar-refractivity contribution < 1.29 is 37.5 Å². The monoisotopic (exact) mass is 576 g/mol. The highest BCUT2D eigenvalue weighted by Crippen LogP contribution is 2.26. The van der Waals surface area contributed by atoms with Gasteiger partial charge in [-0.3, -0.25) is 19.4 Å². The first-order chi connectivity index (χ1) is 19.0. The van der Waals surface area contributed by atoms with Gasteiger partial charge in [0.1, 0.15) is 13.1 Å². The maximum Gasteiger partial charge on any atom is 0.490 e. The molecule has 0 fully saturated rings. The van der Waals surface area contributed by atoms with Gasteiger partial charge in [0, 0.05) is 41.8 Å². The molecule has 0 saturated heterocycles. The predicted octanol–water partition coefficient (Wildman–Crippen LogP) is 3.72. The Morgan fingerprint density at radius 1 is 0.975 bits per heavy atom. The number of halogens is 4. The number of para-hydroxylation sites is 1. The standard InChI is InChI=1S/C25H23ClN4O3.C2HF3O2/c26-21-7-5-19(6-8-21)25(33)29-15-20-3-1-2-4-22(20)30(24(32)17-29)16-23(31)28-14-11-18-9-12-27-13-10-18;3-2(4,5)1(6)7/h1-10,12-13H,11,14-17H2,(H,28,31);(H,6,7). The number of hydrogen-bond acceptors (Lipinski definition) is 5. The summed E-state index contributed by atoms with van der Waals surface area (Å²) in [7, 11) is 0. The molecule has 1 aliphatic heterocycles. The van der Waals surface area contributed by atoms with Gasteiger partial charge in [0.15, 0.2) is 0 Å². The fourth-order valence-corrected chi connectivity index (χ4v) is 3.87. The van der Waals surface area contributed by atoms with Gasteiger partial charge in [0.05, 0.1) is 0 Å². The summed E-state index contributed by atoms with van der Waals surface area (Å²) >= 11 is 5.93. The quantitative estimate of drug-likeness (QED) is 0.462. The van der Waals surface area contributed by atoms with Crippen molar-refractivity contribution in [2.45, 2.75) is 19.1 Å². The van der Waals surface area contributed by atoms with E-state index in [9.17, 15) is 27.6 Å². The van der Waals surface area contributed by atoms with E-state index in [1.807, 2.05) is 30.3 Å². The van der Waals surface area contributed by atoms with Crippen LogP contribution in [0.1, 0.15) is 21.5 Å². The number of rotatable bonds is 6. The van der Waals surface area contributed by atoms with E-state index in [1.54, 1.807) is 42.7 Å². The SMILES string of the molecule is O=C(CN1C(=O)CN(C(=O)c2ccc(Cl)cc2)Cc2ccccc21)NCCc1ccncc1.O=C(O)C(F)(F)F. The molecular weight excluding hydrogens is 553 g/mol. The molecular formula is C27H24ClF3N4O5. The normalized spacial score (nSPS) is 12.9. The predicted molar refractivity (Wildman–Crippen MR) is 140 cm³/mol. The lowest BCUT2D eigenvalue weighted by Crippen LogP contribution is -2.44. The van der Waals surface area contributed by atoms with E-state index in [-0.39, 0.29) is 37.4 Å². The van der Waals surface area contributed by atoms with Gasteiger partial charge in [0.2, 0.25) is 11.8 Å². The van der Waals surface area contributed by atoms with Crippen molar-refractivity contribution in [1.29, 1.82) is 0 Å². The molecule has 9 nitrogen and oxygen atoms in total. The van der Waals surface area contributed by atoms with E-state index in [1.165, 1.54) is 9.80 Å². The molecule has 2 aromatic carbocycles. The van der Waals surface area contributed by atoms with Crippen LogP contribution in [0, 0.1) is 0 Å². The van der Waals surface area contributed by atoms with E-state index in [0.717, 1.165) is 11.1 Å².